The molecule has 3 rings (SSSR count). The van der Waals surface area contributed by atoms with Gasteiger partial charge in [0.15, 0.2) is 0 Å². The van der Waals surface area contributed by atoms with E-state index in [2.05, 4.69) is 33.8 Å². The van der Waals surface area contributed by atoms with Gasteiger partial charge in [-0.25, -0.2) is 0 Å². The van der Waals surface area contributed by atoms with Crippen molar-refractivity contribution in [3.63, 3.8) is 0 Å². The molecule has 21 heavy (non-hydrogen) atoms. The Morgan fingerprint density at radius 2 is 2.14 bits per heavy atom. The first-order valence-electron chi connectivity index (χ1n) is 6.24. The molecule has 2 N–H and O–H groups in total. The number of ether oxygens (including phenoxy) is 1. The summed E-state index contributed by atoms with van der Waals surface area (Å²) >= 11 is 3.94. The standard InChI is InChI=1S/C15H13IN2O2S/c1-8-3-4-11(19-2)10(5-8)13-14(18-20-15(13)17)9-6-12(16)21-7-9/h3-7H,17H2,1-2H3. The number of aromatic nitrogens is 1. The molecule has 0 radical (unpaired) electrons. The van der Waals surface area contributed by atoms with E-state index in [0.717, 1.165) is 33.7 Å². The van der Waals surface area contributed by atoms with Crippen LogP contribution in [0.4, 0.5) is 5.88 Å². The van der Waals surface area contributed by atoms with Gasteiger partial charge in [0.25, 0.3) is 0 Å². The van der Waals surface area contributed by atoms with Gasteiger partial charge in [-0.05, 0) is 47.7 Å². The Kier molecular flexibility index (Phi) is 3.90. The van der Waals surface area contributed by atoms with E-state index >= 15 is 0 Å². The fraction of sp³-hybridized carbons (Fsp3) is 0.133. The van der Waals surface area contributed by atoms with Crippen LogP contribution in [-0.2, 0) is 0 Å². The van der Waals surface area contributed by atoms with Gasteiger partial charge in [-0.15, -0.1) is 11.3 Å². The predicted octanol–water partition coefficient (Wildman–Crippen LogP) is 4.57. The summed E-state index contributed by atoms with van der Waals surface area (Å²) in [7, 11) is 1.64. The zero-order valence-electron chi connectivity index (χ0n) is 11.5. The van der Waals surface area contributed by atoms with Gasteiger partial charge in [0.1, 0.15) is 11.4 Å². The summed E-state index contributed by atoms with van der Waals surface area (Å²) < 4.78 is 11.9. The Balaban J connectivity index is 2.24. The molecule has 3 aromatic rings. The van der Waals surface area contributed by atoms with Crippen molar-refractivity contribution < 1.29 is 9.26 Å². The van der Waals surface area contributed by atoms with Crippen molar-refractivity contribution in [2.24, 2.45) is 0 Å². The van der Waals surface area contributed by atoms with Crippen LogP contribution in [0, 0.1) is 9.81 Å². The first-order chi connectivity index (χ1) is 10.1. The molecule has 0 fully saturated rings. The topological polar surface area (TPSA) is 61.3 Å². The molecule has 0 saturated carbocycles. The number of hydrogen-bond donors (Lipinski definition) is 1. The number of thiophene rings is 1. The second kappa shape index (κ2) is 5.69. The minimum atomic E-state index is 0.301. The van der Waals surface area contributed by atoms with E-state index < -0.39 is 0 Å². The number of nitrogens with two attached hydrogens (primary N) is 1. The highest BCUT2D eigenvalue weighted by Gasteiger charge is 2.21. The Morgan fingerprint density at radius 3 is 2.81 bits per heavy atom. The van der Waals surface area contributed by atoms with Crippen molar-refractivity contribution in [2.75, 3.05) is 12.8 Å². The van der Waals surface area contributed by atoms with E-state index in [4.69, 9.17) is 15.0 Å². The summed E-state index contributed by atoms with van der Waals surface area (Å²) in [6.07, 6.45) is 0. The van der Waals surface area contributed by atoms with E-state index in [1.807, 2.05) is 30.5 Å². The zero-order chi connectivity index (χ0) is 15.0. The molecule has 0 amide bonds. The molecule has 0 unspecified atom stereocenters. The van der Waals surface area contributed by atoms with Crippen LogP contribution in [0.15, 0.2) is 34.2 Å². The molecule has 4 nitrogen and oxygen atoms in total. The predicted molar refractivity (Wildman–Crippen MR) is 93.7 cm³/mol. The highest BCUT2D eigenvalue weighted by molar-refractivity contribution is 14.1. The number of nitrogens with zero attached hydrogens (tertiary/aromatic N) is 1. The van der Waals surface area contributed by atoms with Crippen molar-refractivity contribution in [2.45, 2.75) is 6.92 Å². The molecule has 0 saturated heterocycles. The molecule has 2 aromatic heterocycles. The van der Waals surface area contributed by atoms with E-state index in [0.29, 0.717) is 5.88 Å². The first kappa shape index (κ1) is 14.4. The number of halogens is 1. The number of hydrogen-bond acceptors (Lipinski definition) is 5. The maximum atomic E-state index is 6.01. The molecule has 1 aromatic carbocycles. The average Bonchev–Trinajstić information content (AvgIpc) is 3.04. The lowest BCUT2D eigenvalue weighted by Gasteiger charge is -2.09. The maximum Gasteiger partial charge on any atom is 0.230 e. The van der Waals surface area contributed by atoms with Crippen LogP contribution >= 0.6 is 33.9 Å². The summed E-state index contributed by atoms with van der Waals surface area (Å²) in [4.78, 5) is 0. The van der Waals surface area contributed by atoms with E-state index in [1.54, 1.807) is 18.4 Å². The number of nitrogen functional groups attached to an aromatic ring is 1. The third-order valence-electron chi connectivity index (χ3n) is 3.18. The highest BCUT2D eigenvalue weighted by Crippen LogP contribution is 2.42. The Labute approximate surface area is 140 Å². The Hall–Kier alpha value is -1.54. The average molecular weight is 412 g/mol. The van der Waals surface area contributed by atoms with Gasteiger partial charge in [-0.1, -0.05) is 16.8 Å². The van der Waals surface area contributed by atoms with Crippen molar-refractivity contribution >= 4 is 39.8 Å². The van der Waals surface area contributed by atoms with Crippen LogP contribution in [-0.4, -0.2) is 12.3 Å². The van der Waals surface area contributed by atoms with E-state index in [1.165, 1.54) is 2.88 Å². The van der Waals surface area contributed by atoms with Crippen LogP contribution in [0.2, 0.25) is 0 Å². The summed E-state index contributed by atoms with van der Waals surface area (Å²) in [5.41, 5.74) is 10.6. The molecule has 0 atom stereocenters. The molecule has 0 spiro atoms. The molecule has 0 aliphatic carbocycles. The number of aryl methyl sites for hydroxylation is 1. The zero-order valence-corrected chi connectivity index (χ0v) is 14.5. The van der Waals surface area contributed by atoms with Gasteiger partial charge in [-0.2, -0.15) is 0 Å². The van der Waals surface area contributed by atoms with Gasteiger partial charge in [0.2, 0.25) is 5.88 Å². The van der Waals surface area contributed by atoms with Gasteiger partial charge < -0.3 is 15.0 Å². The van der Waals surface area contributed by atoms with Gasteiger partial charge in [-0.3, -0.25) is 0 Å². The fourth-order valence-corrected chi connectivity index (χ4v) is 3.54. The van der Waals surface area contributed by atoms with Crippen LogP contribution < -0.4 is 10.5 Å². The summed E-state index contributed by atoms with van der Waals surface area (Å²) in [5, 5.41) is 6.18. The van der Waals surface area contributed by atoms with Crippen LogP contribution in [0.3, 0.4) is 0 Å². The fourth-order valence-electron chi connectivity index (χ4n) is 2.21. The monoisotopic (exact) mass is 412 g/mol. The van der Waals surface area contributed by atoms with Crippen molar-refractivity contribution in [1.82, 2.24) is 5.16 Å². The number of benzene rings is 1. The van der Waals surface area contributed by atoms with Crippen molar-refractivity contribution in [3.05, 3.63) is 38.1 Å². The number of anilines is 1. The number of methoxy groups -OCH3 is 1. The molecule has 0 aliphatic heterocycles. The summed E-state index contributed by atoms with van der Waals surface area (Å²) in [6, 6.07) is 8.02. The third-order valence-corrected chi connectivity index (χ3v) is 4.97. The molecule has 2 heterocycles. The molecule has 108 valence electrons. The van der Waals surface area contributed by atoms with Crippen LogP contribution in [0.5, 0.6) is 5.75 Å². The number of rotatable bonds is 3. The van der Waals surface area contributed by atoms with Crippen molar-refractivity contribution in [3.8, 4) is 28.1 Å². The lowest BCUT2D eigenvalue weighted by atomic mass is 10.00. The lowest BCUT2D eigenvalue weighted by Crippen LogP contribution is -1.92. The summed E-state index contributed by atoms with van der Waals surface area (Å²) in [5.74, 6) is 1.05. The smallest absolute Gasteiger partial charge is 0.230 e. The third kappa shape index (κ3) is 2.65. The van der Waals surface area contributed by atoms with Crippen molar-refractivity contribution in [1.29, 1.82) is 0 Å². The molecule has 0 aliphatic rings. The quantitative estimate of drug-likeness (QED) is 0.641. The van der Waals surface area contributed by atoms with Crippen LogP contribution in [0.1, 0.15) is 5.56 Å². The first-order valence-corrected chi connectivity index (χ1v) is 8.20. The Bertz CT molecular complexity index is 795. The molecular formula is C15H13IN2O2S. The normalized spacial score (nSPS) is 10.8. The Morgan fingerprint density at radius 1 is 1.33 bits per heavy atom. The van der Waals surface area contributed by atoms with E-state index in [9.17, 15) is 0 Å². The van der Waals surface area contributed by atoms with Gasteiger partial charge >= 0.3 is 0 Å². The molecular weight excluding hydrogens is 399 g/mol. The van der Waals surface area contributed by atoms with Gasteiger partial charge in [0.05, 0.1) is 15.6 Å². The summed E-state index contributed by atoms with van der Waals surface area (Å²) in [6.45, 7) is 2.03. The molecule has 0 bridgehead atoms. The van der Waals surface area contributed by atoms with Gasteiger partial charge in [0, 0.05) is 16.5 Å². The van der Waals surface area contributed by atoms with E-state index in [-0.39, 0.29) is 0 Å². The lowest BCUT2D eigenvalue weighted by molar-refractivity contribution is 0.416. The SMILES string of the molecule is COc1ccc(C)cc1-c1c(-c2csc(I)c2)noc1N. The van der Waals surface area contributed by atoms with Crippen LogP contribution in [0.25, 0.3) is 22.4 Å². The largest absolute Gasteiger partial charge is 0.496 e. The maximum absolute atomic E-state index is 6.01. The highest BCUT2D eigenvalue weighted by atomic mass is 127. The minimum Gasteiger partial charge on any atom is -0.496 e. The molecule has 6 heteroatoms. The second-order valence-electron chi connectivity index (χ2n) is 4.61. The minimum absolute atomic E-state index is 0.301. The second-order valence-corrected chi connectivity index (χ2v) is 7.42.